The molecule has 5 nitrogen and oxygen atoms in total. The second-order valence-electron chi connectivity index (χ2n) is 5.60. The Morgan fingerprint density at radius 3 is 2.95 bits per heavy atom. The summed E-state index contributed by atoms with van der Waals surface area (Å²) in [6, 6.07) is 5.70. The predicted molar refractivity (Wildman–Crippen MR) is 102 cm³/mol. The van der Waals surface area contributed by atoms with Crippen LogP contribution in [0.5, 0.6) is 0 Å². The van der Waals surface area contributed by atoms with Crippen LogP contribution in [-0.4, -0.2) is 22.1 Å². The molecule has 1 fully saturated rings. The molecule has 120 valence electrons. The van der Waals surface area contributed by atoms with Crippen molar-refractivity contribution in [1.29, 1.82) is 0 Å². The number of nitrogens with two attached hydrogens (primary N) is 1. The van der Waals surface area contributed by atoms with Crippen LogP contribution < -0.4 is 11.1 Å². The lowest BCUT2D eigenvalue weighted by Gasteiger charge is -2.25. The first-order valence-corrected chi connectivity index (χ1v) is 7.66. The fourth-order valence-electron chi connectivity index (χ4n) is 2.52. The smallest absolute Gasteiger partial charge is 0.189 e. The van der Waals surface area contributed by atoms with Crippen molar-refractivity contribution in [3.8, 4) is 0 Å². The minimum atomic E-state index is 0. The van der Waals surface area contributed by atoms with Gasteiger partial charge in [-0.05, 0) is 37.0 Å². The van der Waals surface area contributed by atoms with Gasteiger partial charge in [0.25, 0.3) is 0 Å². The Morgan fingerprint density at radius 1 is 1.50 bits per heavy atom. The molecule has 0 saturated heterocycles. The standard InChI is InChI=1S/C15H20ClN5.HI/c1-21-13-6-5-11(16)7-12(13)20-14(21)9-19-15(17)18-8-10-3-2-4-10;/h5-7,10H,2-4,8-9H2,1H3,(H3,17,18,19);1H. The molecule has 3 rings (SSSR count). The highest BCUT2D eigenvalue weighted by atomic mass is 127. The summed E-state index contributed by atoms with van der Waals surface area (Å²) in [4.78, 5) is 8.93. The normalized spacial score (nSPS) is 15.5. The number of aryl methyl sites for hydroxylation is 1. The summed E-state index contributed by atoms with van der Waals surface area (Å²) in [7, 11) is 1.98. The van der Waals surface area contributed by atoms with E-state index < -0.39 is 0 Å². The second-order valence-corrected chi connectivity index (χ2v) is 6.04. The van der Waals surface area contributed by atoms with Gasteiger partial charge in [0.2, 0.25) is 0 Å². The average Bonchev–Trinajstić information content (AvgIpc) is 2.71. The third-order valence-electron chi connectivity index (χ3n) is 4.12. The van der Waals surface area contributed by atoms with E-state index in [2.05, 4.69) is 15.3 Å². The zero-order chi connectivity index (χ0) is 14.8. The number of hydrogen-bond donors (Lipinski definition) is 2. The lowest BCUT2D eigenvalue weighted by atomic mass is 9.85. The molecule has 1 aromatic carbocycles. The molecule has 0 spiro atoms. The van der Waals surface area contributed by atoms with Gasteiger partial charge in [-0.2, -0.15) is 0 Å². The molecule has 7 heteroatoms. The van der Waals surface area contributed by atoms with Gasteiger partial charge in [-0.25, -0.2) is 9.98 Å². The molecule has 1 aliphatic rings. The van der Waals surface area contributed by atoms with Crippen LogP contribution in [0, 0.1) is 5.92 Å². The van der Waals surface area contributed by atoms with Crippen LogP contribution in [0.15, 0.2) is 23.2 Å². The number of imidazole rings is 1. The van der Waals surface area contributed by atoms with E-state index in [0.717, 1.165) is 29.3 Å². The topological polar surface area (TPSA) is 68.2 Å². The highest BCUT2D eigenvalue weighted by molar-refractivity contribution is 14.0. The summed E-state index contributed by atoms with van der Waals surface area (Å²) in [5.41, 5.74) is 7.83. The molecule has 1 saturated carbocycles. The molecule has 0 unspecified atom stereocenters. The van der Waals surface area contributed by atoms with Crippen LogP contribution in [0.1, 0.15) is 25.1 Å². The van der Waals surface area contributed by atoms with E-state index in [1.165, 1.54) is 19.3 Å². The van der Waals surface area contributed by atoms with Gasteiger partial charge >= 0.3 is 0 Å². The first-order valence-electron chi connectivity index (χ1n) is 7.28. The van der Waals surface area contributed by atoms with E-state index >= 15 is 0 Å². The molecule has 0 radical (unpaired) electrons. The van der Waals surface area contributed by atoms with Gasteiger partial charge in [0.15, 0.2) is 5.96 Å². The van der Waals surface area contributed by atoms with Crippen molar-refractivity contribution in [1.82, 2.24) is 14.9 Å². The van der Waals surface area contributed by atoms with Crippen LogP contribution in [0.4, 0.5) is 0 Å². The van der Waals surface area contributed by atoms with Crippen molar-refractivity contribution >= 4 is 52.6 Å². The van der Waals surface area contributed by atoms with E-state index in [1.54, 1.807) is 0 Å². The van der Waals surface area contributed by atoms with Gasteiger partial charge < -0.3 is 15.6 Å². The molecular formula is C15H21ClIN5. The third kappa shape index (κ3) is 3.84. The number of nitrogens with zero attached hydrogens (tertiary/aromatic N) is 3. The fourth-order valence-corrected chi connectivity index (χ4v) is 2.69. The Balaban J connectivity index is 0.00000176. The number of nitrogens with one attached hydrogen (secondary N) is 1. The lowest BCUT2D eigenvalue weighted by Crippen LogP contribution is -2.37. The summed E-state index contributed by atoms with van der Waals surface area (Å²) in [6.45, 7) is 1.39. The van der Waals surface area contributed by atoms with E-state index in [9.17, 15) is 0 Å². The van der Waals surface area contributed by atoms with Crippen LogP contribution in [0.3, 0.4) is 0 Å². The molecular weight excluding hydrogens is 413 g/mol. The Kier molecular flexibility index (Phi) is 5.91. The Morgan fingerprint density at radius 2 is 2.27 bits per heavy atom. The summed E-state index contributed by atoms with van der Waals surface area (Å²) in [6.07, 6.45) is 3.93. The van der Waals surface area contributed by atoms with Crippen LogP contribution in [-0.2, 0) is 13.6 Å². The molecule has 1 aliphatic carbocycles. The number of hydrogen-bond acceptors (Lipinski definition) is 2. The van der Waals surface area contributed by atoms with Crippen LogP contribution in [0.25, 0.3) is 11.0 Å². The molecule has 3 N–H and O–H groups in total. The average molecular weight is 434 g/mol. The van der Waals surface area contributed by atoms with Crippen molar-refractivity contribution < 1.29 is 0 Å². The van der Waals surface area contributed by atoms with Crippen LogP contribution >= 0.6 is 35.6 Å². The molecule has 1 heterocycles. The zero-order valence-electron chi connectivity index (χ0n) is 12.6. The Hall–Kier alpha value is -1.02. The van der Waals surface area contributed by atoms with Crippen molar-refractivity contribution in [3.05, 3.63) is 29.0 Å². The van der Waals surface area contributed by atoms with Gasteiger partial charge in [0.05, 0.1) is 11.0 Å². The summed E-state index contributed by atoms with van der Waals surface area (Å²) in [5, 5.41) is 3.88. The number of aliphatic imine (C=N–C) groups is 1. The summed E-state index contributed by atoms with van der Waals surface area (Å²) >= 11 is 5.99. The van der Waals surface area contributed by atoms with Crippen molar-refractivity contribution in [2.75, 3.05) is 6.54 Å². The highest BCUT2D eigenvalue weighted by Crippen LogP contribution is 2.25. The van der Waals surface area contributed by atoms with Crippen molar-refractivity contribution in [2.24, 2.45) is 23.7 Å². The van der Waals surface area contributed by atoms with E-state index in [0.29, 0.717) is 17.5 Å². The number of rotatable bonds is 4. The quantitative estimate of drug-likeness (QED) is 0.442. The minimum Gasteiger partial charge on any atom is -0.370 e. The maximum Gasteiger partial charge on any atom is 0.189 e. The minimum absolute atomic E-state index is 0. The molecule has 0 atom stereocenters. The molecule has 0 aliphatic heterocycles. The predicted octanol–water partition coefficient (Wildman–Crippen LogP) is 3.05. The maximum absolute atomic E-state index is 5.99. The zero-order valence-corrected chi connectivity index (χ0v) is 15.6. The van der Waals surface area contributed by atoms with Gasteiger partial charge in [0, 0.05) is 18.6 Å². The molecule has 2 aromatic rings. The van der Waals surface area contributed by atoms with E-state index in [-0.39, 0.29) is 24.0 Å². The Bertz CT molecular complexity index is 678. The molecule has 0 amide bonds. The summed E-state index contributed by atoms with van der Waals surface area (Å²) < 4.78 is 2.02. The van der Waals surface area contributed by atoms with Gasteiger partial charge in [-0.15, -0.1) is 24.0 Å². The third-order valence-corrected chi connectivity index (χ3v) is 4.36. The monoisotopic (exact) mass is 433 g/mol. The molecule has 0 bridgehead atoms. The molecule has 22 heavy (non-hydrogen) atoms. The van der Waals surface area contributed by atoms with E-state index in [1.807, 2.05) is 29.8 Å². The number of halogens is 2. The number of benzene rings is 1. The van der Waals surface area contributed by atoms with Gasteiger partial charge in [-0.1, -0.05) is 18.0 Å². The summed E-state index contributed by atoms with van der Waals surface area (Å²) in [5.74, 6) is 2.13. The largest absolute Gasteiger partial charge is 0.370 e. The van der Waals surface area contributed by atoms with E-state index in [4.69, 9.17) is 17.3 Å². The van der Waals surface area contributed by atoms with Crippen LogP contribution in [0.2, 0.25) is 5.02 Å². The first-order chi connectivity index (χ1) is 10.1. The second kappa shape index (κ2) is 7.50. The van der Waals surface area contributed by atoms with Gasteiger partial charge in [-0.3, -0.25) is 0 Å². The van der Waals surface area contributed by atoms with Crippen molar-refractivity contribution in [2.45, 2.75) is 25.8 Å². The lowest BCUT2D eigenvalue weighted by molar-refractivity contribution is 0.315. The fraction of sp³-hybridized carbons (Fsp3) is 0.467. The SMILES string of the molecule is Cn1c(CN=C(N)NCC2CCC2)nc2cc(Cl)ccc21.I. The first kappa shape index (κ1) is 17.3. The number of aromatic nitrogens is 2. The Labute approximate surface area is 152 Å². The molecule has 1 aromatic heterocycles. The number of fused-ring (bicyclic) bond motifs is 1. The van der Waals surface area contributed by atoms with Gasteiger partial charge in [0.1, 0.15) is 12.4 Å². The number of guanidine groups is 1. The van der Waals surface area contributed by atoms with Crippen molar-refractivity contribution in [3.63, 3.8) is 0 Å². The maximum atomic E-state index is 5.99. The highest BCUT2D eigenvalue weighted by Gasteiger charge is 2.16.